The predicted octanol–water partition coefficient (Wildman–Crippen LogP) is 0.660. The highest BCUT2D eigenvalue weighted by atomic mass is 127. The number of aliphatic hydroxyl groups excluding tert-OH is 2. The highest BCUT2D eigenvalue weighted by Gasteiger charge is 2.10. The van der Waals surface area contributed by atoms with E-state index in [4.69, 9.17) is 10.2 Å². The maximum atomic E-state index is 8.72. The topological polar surface area (TPSA) is 43.7 Å². The molecule has 0 spiro atoms. The van der Waals surface area contributed by atoms with Gasteiger partial charge in [0, 0.05) is 33.8 Å². The van der Waals surface area contributed by atoms with Gasteiger partial charge < -0.3 is 10.2 Å². The van der Waals surface area contributed by atoms with Crippen LogP contribution in [0.3, 0.4) is 0 Å². The van der Waals surface area contributed by atoms with Gasteiger partial charge >= 0.3 is 0 Å². The monoisotopic (exact) mass is 277 g/mol. The molecule has 2 N–H and O–H groups in total. The largest absolute Gasteiger partial charge is 0.395 e. The van der Waals surface area contributed by atoms with Gasteiger partial charge in [0.05, 0.1) is 13.2 Å². The van der Waals surface area contributed by atoms with E-state index in [0.717, 1.165) is 0 Å². The molecule has 0 aromatic heterocycles. The molecule has 0 amide bonds. The molecule has 0 saturated carbocycles. The first kappa shape index (κ1) is 11.0. The van der Waals surface area contributed by atoms with E-state index in [9.17, 15) is 0 Å². The van der Waals surface area contributed by atoms with Crippen molar-refractivity contribution < 1.29 is 10.2 Å². The molecule has 0 aliphatic heterocycles. The molecule has 0 unspecified atom stereocenters. The van der Waals surface area contributed by atoms with Gasteiger partial charge in [0.1, 0.15) is 0 Å². The Bertz CT molecular complexity index is 86.0. The number of hydrogen-bond donors (Lipinski definition) is 2. The second kappa shape index (κ2) is 6.66. The van der Waals surface area contributed by atoms with E-state index in [2.05, 4.69) is 21.2 Å². The lowest BCUT2D eigenvalue weighted by atomic mass is 10.4. The van der Waals surface area contributed by atoms with Gasteiger partial charge in [-0.25, -0.2) is 4.31 Å². The summed E-state index contributed by atoms with van der Waals surface area (Å²) in [6.45, 7) is 2.80. The molecule has 0 aromatic carbocycles. The molecule has 0 saturated heterocycles. The van der Waals surface area contributed by atoms with Crippen molar-refractivity contribution in [1.82, 2.24) is 4.31 Å². The minimum absolute atomic E-state index is 0.119. The lowest BCUT2D eigenvalue weighted by Crippen LogP contribution is -2.31. The molecule has 0 aromatic rings. The summed E-state index contributed by atoms with van der Waals surface area (Å²) in [6, 6.07) is 0.119. The number of nitrogens with zero attached hydrogens (tertiary/aromatic N) is 1. The first-order chi connectivity index (χ1) is 4.76. The van der Waals surface area contributed by atoms with Crippen LogP contribution in [0.25, 0.3) is 0 Å². The third-order valence-corrected chi connectivity index (χ3v) is 3.40. The van der Waals surface area contributed by atoms with Crippen molar-refractivity contribution in [1.29, 1.82) is 0 Å². The molecule has 5 heteroatoms. The minimum Gasteiger partial charge on any atom is -0.395 e. The van der Waals surface area contributed by atoms with Crippen LogP contribution in [0.1, 0.15) is 6.92 Å². The van der Waals surface area contributed by atoms with Gasteiger partial charge in [-0.2, -0.15) is 0 Å². The fraction of sp³-hybridized carbons (Fsp3) is 1.00. The van der Waals surface area contributed by atoms with Gasteiger partial charge in [-0.1, -0.05) is 0 Å². The average Bonchev–Trinajstić information content (AvgIpc) is 1.99. The van der Waals surface area contributed by atoms with Gasteiger partial charge in [0.25, 0.3) is 0 Å². The summed E-state index contributed by atoms with van der Waals surface area (Å²) < 4.78 is 1.93. The Balaban J connectivity index is 3.56. The summed E-state index contributed by atoms with van der Waals surface area (Å²) >= 11 is 2.13. The molecule has 0 aliphatic rings. The molecule has 0 bridgehead atoms. The lowest BCUT2D eigenvalue weighted by molar-refractivity contribution is 0.184. The van der Waals surface area contributed by atoms with Gasteiger partial charge in [0.2, 0.25) is 0 Å². The second-order valence-electron chi connectivity index (χ2n) is 1.96. The molecule has 0 heterocycles. The maximum absolute atomic E-state index is 8.72. The van der Waals surface area contributed by atoms with Crippen molar-refractivity contribution in [2.45, 2.75) is 13.0 Å². The fourth-order valence-electron chi connectivity index (χ4n) is 0.513. The van der Waals surface area contributed by atoms with Crippen molar-refractivity contribution >= 4 is 30.3 Å². The number of rotatable bonds is 5. The van der Waals surface area contributed by atoms with Crippen LogP contribution < -0.4 is 0 Å². The van der Waals surface area contributed by atoms with E-state index in [1.54, 1.807) is 0 Å². The van der Waals surface area contributed by atoms with Crippen molar-refractivity contribution in [2.75, 3.05) is 19.8 Å². The first-order valence-electron chi connectivity index (χ1n) is 3.03. The van der Waals surface area contributed by atoms with E-state index in [-0.39, 0.29) is 19.3 Å². The molecule has 0 aliphatic carbocycles. The minimum atomic E-state index is 0.119. The van der Waals surface area contributed by atoms with E-state index in [1.807, 2.05) is 11.2 Å². The van der Waals surface area contributed by atoms with Crippen LogP contribution in [0.5, 0.6) is 0 Å². The van der Waals surface area contributed by atoms with Gasteiger partial charge in [-0.15, -0.1) is 0 Å². The number of hydrogen-bond acceptors (Lipinski definition) is 4. The van der Waals surface area contributed by atoms with Crippen LogP contribution in [-0.2, 0) is 0 Å². The van der Waals surface area contributed by atoms with Crippen LogP contribution in [-0.4, -0.2) is 40.3 Å². The Hall–Kier alpha value is 0.960. The molecule has 10 heavy (non-hydrogen) atoms. The maximum Gasteiger partial charge on any atom is 0.0593 e. The zero-order valence-electron chi connectivity index (χ0n) is 5.83. The van der Waals surface area contributed by atoms with Crippen molar-refractivity contribution in [3.8, 4) is 0 Å². The van der Waals surface area contributed by atoms with E-state index in [1.165, 1.54) is 9.12 Å². The summed E-state index contributed by atoms with van der Waals surface area (Å²) in [5.41, 5.74) is 0. The zero-order chi connectivity index (χ0) is 7.98. The van der Waals surface area contributed by atoms with Crippen LogP contribution in [0.15, 0.2) is 0 Å². The highest BCUT2D eigenvalue weighted by molar-refractivity contribution is 14.2. The summed E-state index contributed by atoms with van der Waals surface area (Å²) in [5.74, 6) is 0. The molecule has 0 radical (unpaired) electrons. The fourth-order valence-corrected chi connectivity index (χ4v) is 2.62. The first-order valence-corrected chi connectivity index (χ1v) is 6.35. The number of aliphatic hydroxyl groups is 2. The SMILES string of the molecule is C[C@H](CO)N(CCO)SI. The van der Waals surface area contributed by atoms with Gasteiger partial charge in [-0.3, -0.25) is 0 Å². The summed E-state index contributed by atoms with van der Waals surface area (Å²) in [6.07, 6.45) is 0. The Morgan fingerprint density at radius 2 is 2.20 bits per heavy atom. The van der Waals surface area contributed by atoms with Crippen molar-refractivity contribution in [2.24, 2.45) is 0 Å². The molecular formula is C5H12INO2S. The van der Waals surface area contributed by atoms with E-state index < -0.39 is 0 Å². The van der Waals surface area contributed by atoms with Crippen LogP contribution in [0, 0.1) is 0 Å². The third-order valence-electron chi connectivity index (χ3n) is 1.16. The van der Waals surface area contributed by atoms with Crippen LogP contribution >= 0.6 is 30.3 Å². The smallest absolute Gasteiger partial charge is 0.0593 e. The molecule has 0 rings (SSSR count). The Morgan fingerprint density at radius 3 is 2.50 bits per heavy atom. The number of halogens is 1. The molecule has 62 valence electrons. The van der Waals surface area contributed by atoms with Crippen molar-refractivity contribution in [3.63, 3.8) is 0 Å². The van der Waals surface area contributed by atoms with Gasteiger partial charge in [-0.05, 0) is 16.0 Å². The van der Waals surface area contributed by atoms with Gasteiger partial charge in [0.15, 0.2) is 0 Å². The molecule has 1 atom stereocenters. The summed E-state index contributed by atoms with van der Waals surface area (Å²) in [5, 5.41) is 17.3. The van der Waals surface area contributed by atoms with Crippen LogP contribution in [0.2, 0.25) is 0 Å². The summed E-state index contributed by atoms with van der Waals surface area (Å²) in [7, 11) is 1.51. The van der Waals surface area contributed by atoms with E-state index >= 15 is 0 Å². The highest BCUT2D eigenvalue weighted by Crippen LogP contribution is 2.20. The third kappa shape index (κ3) is 3.97. The quantitative estimate of drug-likeness (QED) is 0.572. The molecular weight excluding hydrogens is 265 g/mol. The second-order valence-corrected chi connectivity index (χ2v) is 3.75. The lowest BCUT2D eigenvalue weighted by Gasteiger charge is -2.22. The summed E-state index contributed by atoms with van der Waals surface area (Å²) in [4.78, 5) is 0. The Morgan fingerprint density at radius 1 is 1.60 bits per heavy atom. The standard InChI is InChI=1S/C5H12INO2S/c1-5(4-9)7(10-6)2-3-8/h5,8-9H,2-4H2,1H3/t5-/m1/s1. The Kier molecular flexibility index (Phi) is 7.30. The average molecular weight is 277 g/mol. The van der Waals surface area contributed by atoms with Crippen molar-refractivity contribution in [3.05, 3.63) is 0 Å². The van der Waals surface area contributed by atoms with E-state index in [0.29, 0.717) is 6.54 Å². The predicted molar refractivity (Wildman–Crippen MR) is 52.0 cm³/mol. The Labute approximate surface area is 77.5 Å². The molecule has 0 fully saturated rings. The zero-order valence-corrected chi connectivity index (χ0v) is 8.80. The van der Waals surface area contributed by atoms with Crippen LogP contribution in [0.4, 0.5) is 0 Å². The normalized spacial score (nSPS) is 14.1. The molecule has 3 nitrogen and oxygen atoms in total.